The molecular weight excluding hydrogens is 264 g/mol. The Bertz CT molecular complexity index is 665. The molecule has 0 spiro atoms. The van der Waals surface area contributed by atoms with Gasteiger partial charge in [0.05, 0.1) is 10.4 Å². The molecule has 0 bridgehead atoms. The maximum absolute atomic E-state index is 12.2. The summed E-state index contributed by atoms with van der Waals surface area (Å²) in [7, 11) is -3.59. The molecule has 0 amide bonds. The van der Waals surface area contributed by atoms with Crippen LogP contribution in [-0.4, -0.2) is 31.7 Å². The first-order valence-corrected chi connectivity index (χ1v) is 7.47. The first-order valence-electron chi connectivity index (χ1n) is 5.99. The normalized spacial score (nSPS) is 13.6. The van der Waals surface area contributed by atoms with Crippen LogP contribution in [0.4, 0.5) is 0 Å². The number of aliphatic hydroxyl groups is 1. The smallest absolute Gasteiger partial charge is 0.241 e. The van der Waals surface area contributed by atoms with Crippen LogP contribution in [0.2, 0.25) is 0 Å². The lowest BCUT2D eigenvalue weighted by atomic mass is 10.2. The second kappa shape index (κ2) is 5.64. The quantitative estimate of drug-likeness (QED) is 0.861. The van der Waals surface area contributed by atoms with Crippen LogP contribution >= 0.6 is 0 Å². The Balaban J connectivity index is 2.38. The molecule has 19 heavy (non-hydrogen) atoms. The summed E-state index contributed by atoms with van der Waals surface area (Å²) in [6.07, 6.45) is 1.62. The van der Waals surface area contributed by atoms with Crippen LogP contribution in [0.3, 0.4) is 0 Å². The number of aliphatic hydroxyl groups excluding tert-OH is 1. The number of rotatable bonds is 5. The Kier molecular flexibility index (Phi) is 4.14. The third-order valence-electron chi connectivity index (χ3n) is 2.83. The topological polar surface area (TPSA) is 79.3 Å². The van der Waals surface area contributed by atoms with Gasteiger partial charge < -0.3 is 5.11 Å². The molecule has 1 atom stereocenters. The van der Waals surface area contributed by atoms with Crippen LogP contribution in [0, 0.1) is 5.92 Å². The minimum atomic E-state index is -3.59. The summed E-state index contributed by atoms with van der Waals surface area (Å²) in [5.74, 6) is -0.122. The van der Waals surface area contributed by atoms with Gasteiger partial charge in [0.1, 0.15) is 0 Å². The molecule has 0 aliphatic carbocycles. The first-order chi connectivity index (χ1) is 9.04. The lowest BCUT2D eigenvalue weighted by molar-refractivity contribution is 0.238. The van der Waals surface area contributed by atoms with Gasteiger partial charge in [-0.1, -0.05) is 13.0 Å². The van der Waals surface area contributed by atoms with Gasteiger partial charge in [0.15, 0.2) is 0 Å². The fraction of sp³-hybridized carbons (Fsp3) is 0.308. The summed E-state index contributed by atoms with van der Waals surface area (Å²) < 4.78 is 27.0. The molecule has 1 unspecified atom stereocenters. The summed E-state index contributed by atoms with van der Waals surface area (Å²) in [6, 6.07) is 8.42. The van der Waals surface area contributed by atoms with Crippen molar-refractivity contribution in [3.05, 3.63) is 36.5 Å². The Hall–Kier alpha value is -1.50. The van der Waals surface area contributed by atoms with Crippen molar-refractivity contribution in [2.75, 3.05) is 13.2 Å². The minimum Gasteiger partial charge on any atom is -0.396 e. The lowest BCUT2D eigenvalue weighted by Gasteiger charge is -2.11. The standard InChI is InChI=1S/C13H16N2O3S/c1-10(9-16)8-15-19(17,18)13-6-2-5-12-11(13)4-3-7-14-12/h2-7,10,15-16H,8-9H2,1H3. The number of nitrogens with one attached hydrogen (secondary N) is 1. The van der Waals surface area contributed by atoms with Crippen molar-refractivity contribution in [3.8, 4) is 0 Å². The number of fused-ring (bicyclic) bond motifs is 1. The van der Waals surface area contributed by atoms with E-state index in [0.29, 0.717) is 10.9 Å². The van der Waals surface area contributed by atoms with E-state index in [-0.39, 0.29) is 24.0 Å². The second-order valence-electron chi connectivity index (χ2n) is 4.47. The van der Waals surface area contributed by atoms with Crippen LogP contribution in [0.25, 0.3) is 10.9 Å². The van der Waals surface area contributed by atoms with Gasteiger partial charge >= 0.3 is 0 Å². The van der Waals surface area contributed by atoms with Crippen molar-refractivity contribution in [3.63, 3.8) is 0 Å². The highest BCUT2D eigenvalue weighted by Gasteiger charge is 2.17. The maximum Gasteiger partial charge on any atom is 0.241 e. The predicted octanol–water partition coefficient (Wildman–Crippen LogP) is 1.14. The zero-order valence-electron chi connectivity index (χ0n) is 10.6. The van der Waals surface area contributed by atoms with E-state index in [2.05, 4.69) is 9.71 Å². The number of hydrogen-bond donors (Lipinski definition) is 2. The molecule has 102 valence electrons. The van der Waals surface area contributed by atoms with E-state index >= 15 is 0 Å². The Morgan fingerprint density at radius 1 is 1.32 bits per heavy atom. The molecule has 0 fully saturated rings. The van der Waals surface area contributed by atoms with Gasteiger partial charge in [-0.2, -0.15) is 0 Å². The van der Waals surface area contributed by atoms with Crippen molar-refractivity contribution >= 4 is 20.9 Å². The number of aromatic nitrogens is 1. The van der Waals surface area contributed by atoms with E-state index in [0.717, 1.165) is 0 Å². The van der Waals surface area contributed by atoms with E-state index in [9.17, 15) is 8.42 Å². The zero-order valence-corrected chi connectivity index (χ0v) is 11.4. The number of benzene rings is 1. The van der Waals surface area contributed by atoms with Gasteiger partial charge in [-0.3, -0.25) is 4.98 Å². The second-order valence-corrected chi connectivity index (χ2v) is 6.20. The summed E-state index contributed by atoms with van der Waals surface area (Å²) in [6.45, 7) is 1.92. The SMILES string of the molecule is CC(CO)CNS(=O)(=O)c1cccc2ncccc12. The highest BCUT2D eigenvalue weighted by molar-refractivity contribution is 7.89. The minimum absolute atomic E-state index is 0.0559. The average molecular weight is 280 g/mol. The Morgan fingerprint density at radius 3 is 2.84 bits per heavy atom. The third kappa shape index (κ3) is 3.09. The van der Waals surface area contributed by atoms with Crippen LogP contribution in [0.5, 0.6) is 0 Å². The fourth-order valence-electron chi connectivity index (χ4n) is 1.70. The maximum atomic E-state index is 12.2. The molecule has 2 rings (SSSR count). The van der Waals surface area contributed by atoms with Gasteiger partial charge in [0.25, 0.3) is 0 Å². The Labute approximate surface area is 112 Å². The van der Waals surface area contributed by atoms with Crippen molar-refractivity contribution in [2.45, 2.75) is 11.8 Å². The lowest BCUT2D eigenvalue weighted by Crippen LogP contribution is -2.29. The van der Waals surface area contributed by atoms with E-state index < -0.39 is 10.0 Å². The van der Waals surface area contributed by atoms with Gasteiger partial charge in [0.2, 0.25) is 10.0 Å². The van der Waals surface area contributed by atoms with Gasteiger partial charge in [-0.25, -0.2) is 13.1 Å². The molecule has 1 aromatic carbocycles. The largest absolute Gasteiger partial charge is 0.396 e. The van der Waals surface area contributed by atoms with Gasteiger partial charge in [0, 0.05) is 24.7 Å². The summed E-state index contributed by atoms with van der Waals surface area (Å²) in [5, 5.41) is 9.52. The molecule has 1 aromatic heterocycles. The zero-order chi connectivity index (χ0) is 13.9. The van der Waals surface area contributed by atoms with E-state index in [1.165, 1.54) is 0 Å². The van der Waals surface area contributed by atoms with Crippen molar-refractivity contribution in [2.24, 2.45) is 5.92 Å². The van der Waals surface area contributed by atoms with Crippen LogP contribution in [0.1, 0.15) is 6.92 Å². The third-order valence-corrected chi connectivity index (χ3v) is 4.31. The number of pyridine rings is 1. The summed E-state index contributed by atoms with van der Waals surface area (Å²) >= 11 is 0. The van der Waals surface area contributed by atoms with E-state index in [4.69, 9.17) is 5.11 Å². The monoisotopic (exact) mass is 280 g/mol. The molecular formula is C13H16N2O3S. The molecule has 2 N–H and O–H groups in total. The summed E-state index contributed by atoms with van der Waals surface area (Å²) in [5.41, 5.74) is 0.639. The first kappa shape index (κ1) is 13.9. The van der Waals surface area contributed by atoms with Gasteiger partial charge in [-0.05, 0) is 30.2 Å². The molecule has 2 aromatic rings. The fourth-order valence-corrected chi connectivity index (χ4v) is 3.08. The van der Waals surface area contributed by atoms with E-state index in [1.54, 1.807) is 43.5 Å². The van der Waals surface area contributed by atoms with Crippen LogP contribution in [-0.2, 0) is 10.0 Å². The van der Waals surface area contributed by atoms with Crippen LogP contribution in [0.15, 0.2) is 41.4 Å². The molecule has 0 radical (unpaired) electrons. The average Bonchev–Trinajstić information content (AvgIpc) is 2.44. The van der Waals surface area contributed by atoms with Crippen molar-refractivity contribution in [1.82, 2.24) is 9.71 Å². The van der Waals surface area contributed by atoms with Gasteiger partial charge in [-0.15, -0.1) is 0 Å². The number of hydrogen-bond acceptors (Lipinski definition) is 4. The van der Waals surface area contributed by atoms with Crippen LogP contribution < -0.4 is 4.72 Å². The molecule has 0 saturated heterocycles. The highest BCUT2D eigenvalue weighted by atomic mass is 32.2. The number of nitrogens with zero attached hydrogens (tertiary/aromatic N) is 1. The molecule has 5 nitrogen and oxygen atoms in total. The predicted molar refractivity (Wildman–Crippen MR) is 73.2 cm³/mol. The molecule has 0 aliphatic rings. The van der Waals surface area contributed by atoms with Crippen molar-refractivity contribution in [1.29, 1.82) is 0 Å². The molecule has 6 heteroatoms. The number of sulfonamides is 1. The molecule has 1 heterocycles. The molecule has 0 aliphatic heterocycles. The molecule has 0 saturated carbocycles. The Morgan fingerprint density at radius 2 is 2.11 bits per heavy atom. The highest BCUT2D eigenvalue weighted by Crippen LogP contribution is 2.20. The van der Waals surface area contributed by atoms with Crippen molar-refractivity contribution < 1.29 is 13.5 Å². The summed E-state index contributed by atoms with van der Waals surface area (Å²) in [4.78, 5) is 4.35. The van der Waals surface area contributed by atoms with E-state index in [1.807, 2.05) is 0 Å².